The number of likely N-dealkylation sites (tertiary alicyclic amines) is 2. The summed E-state index contributed by atoms with van der Waals surface area (Å²) in [5.74, 6) is -4.38. The van der Waals surface area contributed by atoms with Gasteiger partial charge in [0.25, 0.3) is 11.8 Å². The lowest BCUT2D eigenvalue weighted by Crippen LogP contribution is -2.54. The molecule has 0 aromatic heterocycles. The van der Waals surface area contributed by atoms with Gasteiger partial charge in [-0.15, -0.1) is 0 Å². The number of aryl methyl sites for hydroxylation is 2. The van der Waals surface area contributed by atoms with E-state index in [9.17, 15) is 38.4 Å². The number of ether oxygens (including phenoxy) is 6. The van der Waals surface area contributed by atoms with Crippen LogP contribution in [0.3, 0.4) is 0 Å². The highest BCUT2D eigenvalue weighted by atomic mass is 16.6. The van der Waals surface area contributed by atoms with Gasteiger partial charge < -0.3 is 48.9 Å². The zero-order chi connectivity index (χ0) is 57.3. The Bertz CT molecular complexity index is 2450. The Kier molecular flexibility index (Phi) is 24.2. The van der Waals surface area contributed by atoms with Crippen molar-refractivity contribution in [3.8, 4) is 0 Å². The zero-order valence-electron chi connectivity index (χ0n) is 46.6. The molecule has 4 atom stereocenters. The molecule has 2 saturated heterocycles. The van der Waals surface area contributed by atoms with Gasteiger partial charge in [0.2, 0.25) is 11.6 Å². The molecule has 18 heteroatoms. The second-order valence-electron chi connectivity index (χ2n) is 21.4. The molecule has 0 spiro atoms. The Morgan fingerprint density at radius 3 is 1.20 bits per heavy atom. The predicted octanol–water partition coefficient (Wildman–Crippen LogP) is 8.26. The van der Waals surface area contributed by atoms with E-state index < -0.39 is 82.6 Å². The summed E-state index contributed by atoms with van der Waals surface area (Å²) in [5.41, 5.74) is 1.09. The van der Waals surface area contributed by atoms with Crippen LogP contribution in [-0.2, 0) is 70.0 Å². The van der Waals surface area contributed by atoms with Crippen LogP contribution in [0.4, 0.5) is 9.59 Å². The van der Waals surface area contributed by atoms with Crippen LogP contribution in [0.2, 0.25) is 0 Å². The molecule has 0 radical (unpaired) electrons. The van der Waals surface area contributed by atoms with Gasteiger partial charge in [-0.1, -0.05) is 121 Å². The molecule has 2 heterocycles. The van der Waals surface area contributed by atoms with Crippen LogP contribution < -0.4 is 10.6 Å². The van der Waals surface area contributed by atoms with Gasteiger partial charge in [-0.3, -0.25) is 19.2 Å². The SMILES string of the molecule is CC(C)(COC(=O)NCCOCCOCCNC(=O)OCC(C)(C)C(=O)C(=O)N1CCCC[C@H]1C(=O)O[C@H](CCc1ccccc1)c1ccccc1)C(=O)C(=O)N1CCCC[C@@H]1C(=O)O[C@@H](CCc1ccccc1)c1ccccc1. The maximum absolute atomic E-state index is 13.8. The summed E-state index contributed by atoms with van der Waals surface area (Å²) >= 11 is 0. The van der Waals surface area contributed by atoms with Gasteiger partial charge >= 0.3 is 24.1 Å². The maximum atomic E-state index is 13.8. The number of esters is 2. The standard InChI is InChI=1S/C62H78N4O14/c1-61(2,53(67)55(69)65-37-19-17-29-49(65)57(71)79-51(47-25-13-7-14-26-47)33-31-45-21-9-5-10-22-45)43-77-59(73)63-35-39-75-41-42-76-40-36-64-60(74)78-44-62(3,4)54(68)56(70)66-38-20-18-30-50(66)58(72)80-52(48-27-15-8-16-28-48)34-32-46-23-11-6-12-24-46/h5-16,21-28,49-52H,17-20,29-44H2,1-4H3,(H,63,73)(H,64,74)/t49-,50+,51+,52-. The van der Waals surface area contributed by atoms with Gasteiger partial charge in [-0.2, -0.15) is 0 Å². The number of hydrogen-bond donors (Lipinski definition) is 2. The third-order valence-corrected chi connectivity index (χ3v) is 14.2. The van der Waals surface area contributed by atoms with Crippen molar-refractivity contribution < 1.29 is 66.8 Å². The summed E-state index contributed by atoms with van der Waals surface area (Å²) in [6.45, 7) is 6.37. The number of carbonyl (C=O) groups is 8. The van der Waals surface area contributed by atoms with Crippen LogP contribution in [-0.4, -0.2) is 135 Å². The minimum absolute atomic E-state index is 0.0762. The van der Waals surface area contributed by atoms with Crippen LogP contribution in [0, 0.1) is 10.8 Å². The number of amides is 4. The van der Waals surface area contributed by atoms with E-state index in [4.69, 9.17) is 28.4 Å². The molecule has 2 N–H and O–H groups in total. The van der Waals surface area contributed by atoms with Crippen molar-refractivity contribution in [1.82, 2.24) is 20.4 Å². The predicted molar refractivity (Wildman–Crippen MR) is 297 cm³/mol. The lowest BCUT2D eigenvalue weighted by atomic mass is 9.87. The summed E-state index contributed by atoms with van der Waals surface area (Å²) in [7, 11) is 0. The first-order valence-electron chi connectivity index (χ1n) is 27.8. The average Bonchev–Trinajstić information content (AvgIpc) is 3.50. The van der Waals surface area contributed by atoms with E-state index in [1.807, 2.05) is 121 Å². The number of ketones is 2. The Morgan fingerprint density at radius 2 is 0.838 bits per heavy atom. The number of benzene rings is 4. The molecule has 4 amide bonds. The van der Waals surface area contributed by atoms with Crippen molar-refractivity contribution >= 4 is 47.5 Å². The number of piperidine rings is 2. The summed E-state index contributed by atoms with van der Waals surface area (Å²) in [5, 5.41) is 5.09. The number of alkyl carbamates (subject to hydrolysis) is 2. The molecule has 0 bridgehead atoms. The number of hydrogen-bond acceptors (Lipinski definition) is 14. The van der Waals surface area contributed by atoms with E-state index in [1.165, 1.54) is 37.5 Å². The third kappa shape index (κ3) is 19.1. The molecule has 2 aliphatic rings. The molecular formula is C62H78N4O14. The molecule has 4 aromatic carbocycles. The Hall–Kier alpha value is -7.44. The van der Waals surface area contributed by atoms with Crippen LogP contribution in [0.1, 0.15) is 114 Å². The number of carbonyl (C=O) groups excluding carboxylic acids is 8. The molecule has 2 aliphatic heterocycles. The molecule has 2 fully saturated rings. The molecule has 4 aromatic rings. The van der Waals surface area contributed by atoms with E-state index in [1.54, 1.807) is 0 Å². The van der Waals surface area contributed by atoms with Crippen LogP contribution in [0.5, 0.6) is 0 Å². The Balaban J connectivity index is 0.829. The molecular weight excluding hydrogens is 1020 g/mol. The molecule has 18 nitrogen and oxygen atoms in total. The summed E-state index contributed by atoms with van der Waals surface area (Å²) < 4.78 is 33.9. The molecule has 6 rings (SSSR count). The fraction of sp³-hybridized carbons (Fsp3) is 0.484. The minimum atomic E-state index is -1.40. The smallest absolute Gasteiger partial charge is 0.407 e. The summed E-state index contributed by atoms with van der Waals surface area (Å²) in [6, 6.07) is 36.8. The van der Waals surface area contributed by atoms with Crippen LogP contribution in [0.25, 0.3) is 0 Å². The molecule has 430 valence electrons. The Morgan fingerprint density at radius 1 is 0.487 bits per heavy atom. The van der Waals surface area contributed by atoms with Crippen molar-refractivity contribution in [2.24, 2.45) is 10.8 Å². The molecule has 80 heavy (non-hydrogen) atoms. The van der Waals surface area contributed by atoms with E-state index in [-0.39, 0.29) is 65.8 Å². The fourth-order valence-electron chi connectivity index (χ4n) is 9.42. The van der Waals surface area contributed by atoms with E-state index in [0.29, 0.717) is 64.2 Å². The van der Waals surface area contributed by atoms with E-state index in [0.717, 1.165) is 22.3 Å². The van der Waals surface area contributed by atoms with E-state index >= 15 is 0 Å². The molecule has 0 aliphatic carbocycles. The monoisotopic (exact) mass is 1100 g/mol. The largest absolute Gasteiger partial charge is 0.456 e. The van der Waals surface area contributed by atoms with Gasteiger partial charge in [-0.25, -0.2) is 19.2 Å². The molecule has 0 unspecified atom stereocenters. The summed E-state index contributed by atoms with van der Waals surface area (Å²) in [4.78, 5) is 110. The lowest BCUT2D eigenvalue weighted by molar-refractivity contribution is -0.165. The quantitative estimate of drug-likeness (QED) is 0.0226. The lowest BCUT2D eigenvalue weighted by Gasteiger charge is -2.36. The second kappa shape index (κ2) is 31.4. The zero-order valence-corrected chi connectivity index (χ0v) is 46.6. The third-order valence-electron chi connectivity index (χ3n) is 14.2. The maximum Gasteiger partial charge on any atom is 0.407 e. The number of rotatable bonds is 29. The van der Waals surface area contributed by atoms with E-state index in [2.05, 4.69) is 10.6 Å². The average molecular weight is 1100 g/mol. The summed E-state index contributed by atoms with van der Waals surface area (Å²) in [6.07, 6.45) is 3.01. The first kappa shape index (κ1) is 61.8. The highest BCUT2D eigenvalue weighted by Crippen LogP contribution is 2.31. The first-order chi connectivity index (χ1) is 38.5. The number of nitrogens with zero attached hydrogens (tertiary/aromatic N) is 2. The topological polar surface area (TPSA) is 222 Å². The van der Waals surface area contributed by atoms with Gasteiger partial charge in [0.05, 0.1) is 37.3 Å². The van der Waals surface area contributed by atoms with Gasteiger partial charge in [0.1, 0.15) is 37.5 Å². The second-order valence-corrected chi connectivity index (χ2v) is 21.4. The highest BCUT2D eigenvalue weighted by Gasteiger charge is 2.44. The number of Topliss-reactive ketones (excluding diaryl/α,β-unsaturated/α-hetero) is 2. The van der Waals surface area contributed by atoms with Crippen molar-refractivity contribution in [2.45, 2.75) is 116 Å². The van der Waals surface area contributed by atoms with Crippen LogP contribution in [0.15, 0.2) is 121 Å². The Labute approximate surface area is 469 Å². The van der Waals surface area contributed by atoms with Crippen molar-refractivity contribution in [2.75, 3.05) is 65.8 Å². The van der Waals surface area contributed by atoms with Crippen molar-refractivity contribution in [3.63, 3.8) is 0 Å². The van der Waals surface area contributed by atoms with Gasteiger partial charge in [0, 0.05) is 26.2 Å². The van der Waals surface area contributed by atoms with Gasteiger partial charge in [0.15, 0.2) is 0 Å². The minimum Gasteiger partial charge on any atom is -0.456 e. The van der Waals surface area contributed by atoms with Crippen molar-refractivity contribution in [1.29, 1.82) is 0 Å². The first-order valence-corrected chi connectivity index (χ1v) is 27.8. The van der Waals surface area contributed by atoms with Crippen LogP contribution >= 0.6 is 0 Å². The van der Waals surface area contributed by atoms with Gasteiger partial charge in [-0.05, 0) is 114 Å². The fourth-order valence-corrected chi connectivity index (χ4v) is 9.42. The normalized spacial score (nSPS) is 16.3. The van der Waals surface area contributed by atoms with Crippen molar-refractivity contribution in [3.05, 3.63) is 144 Å². The number of nitrogens with one attached hydrogen (secondary N) is 2. The molecule has 0 saturated carbocycles. The highest BCUT2D eigenvalue weighted by molar-refractivity contribution is 6.39.